The summed E-state index contributed by atoms with van der Waals surface area (Å²) in [6.07, 6.45) is 0.857. The maximum Gasteiger partial charge on any atom is 0.321 e. The zero-order chi connectivity index (χ0) is 14.5. The van der Waals surface area contributed by atoms with E-state index in [1.54, 1.807) is 4.90 Å². The number of hydrogen-bond donors (Lipinski definition) is 2. The van der Waals surface area contributed by atoms with Crippen molar-refractivity contribution < 1.29 is 14.6 Å². The fourth-order valence-corrected chi connectivity index (χ4v) is 2.37. The molecule has 2 rings (SSSR count). The van der Waals surface area contributed by atoms with E-state index in [9.17, 15) is 4.79 Å². The van der Waals surface area contributed by atoms with E-state index in [1.807, 2.05) is 32.0 Å². The van der Waals surface area contributed by atoms with Crippen LogP contribution in [0.15, 0.2) is 18.2 Å². The van der Waals surface area contributed by atoms with Gasteiger partial charge in [-0.15, -0.1) is 0 Å². The average molecular weight is 278 g/mol. The number of urea groups is 1. The summed E-state index contributed by atoms with van der Waals surface area (Å²) < 4.78 is 5.55. The van der Waals surface area contributed by atoms with Gasteiger partial charge in [-0.2, -0.15) is 0 Å². The third-order valence-electron chi connectivity index (χ3n) is 3.51. The third kappa shape index (κ3) is 3.42. The van der Waals surface area contributed by atoms with Crippen LogP contribution in [0.4, 0.5) is 10.5 Å². The topological polar surface area (TPSA) is 61.8 Å². The number of carbonyl (C=O) groups is 1. The highest BCUT2D eigenvalue weighted by molar-refractivity contribution is 5.91. The minimum atomic E-state index is -0.134. The van der Waals surface area contributed by atoms with Crippen molar-refractivity contribution in [2.24, 2.45) is 5.92 Å². The van der Waals surface area contributed by atoms with Gasteiger partial charge in [-0.3, -0.25) is 0 Å². The largest absolute Gasteiger partial charge is 0.492 e. The molecule has 0 bridgehead atoms. The van der Waals surface area contributed by atoms with Crippen LogP contribution in [0.5, 0.6) is 5.75 Å². The van der Waals surface area contributed by atoms with Crippen molar-refractivity contribution in [2.75, 3.05) is 31.6 Å². The molecule has 1 aliphatic heterocycles. The minimum Gasteiger partial charge on any atom is -0.492 e. The van der Waals surface area contributed by atoms with Gasteiger partial charge in [0.15, 0.2) is 0 Å². The van der Waals surface area contributed by atoms with Gasteiger partial charge in [-0.25, -0.2) is 4.79 Å². The molecule has 5 heteroatoms. The number of anilines is 1. The van der Waals surface area contributed by atoms with Crippen LogP contribution in [0.2, 0.25) is 0 Å². The zero-order valence-electron chi connectivity index (χ0n) is 12.1. The molecule has 1 atom stereocenters. The smallest absolute Gasteiger partial charge is 0.321 e. The van der Waals surface area contributed by atoms with Crippen molar-refractivity contribution in [3.63, 3.8) is 0 Å². The molecule has 110 valence electrons. The number of nitrogens with one attached hydrogen (secondary N) is 1. The van der Waals surface area contributed by atoms with Crippen molar-refractivity contribution in [1.29, 1.82) is 0 Å². The minimum absolute atomic E-state index is 0.134. The Morgan fingerprint density at radius 3 is 3.00 bits per heavy atom. The van der Waals surface area contributed by atoms with Gasteiger partial charge in [0, 0.05) is 25.6 Å². The number of amides is 2. The highest BCUT2D eigenvalue weighted by Gasteiger charge is 2.26. The summed E-state index contributed by atoms with van der Waals surface area (Å²) in [5, 5.41) is 12.0. The summed E-state index contributed by atoms with van der Waals surface area (Å²) in [6, 6.07) is 5.58. The van der Waals surface area contributed by atoms with Crippen LogP contribution in [-0.4, -0.2) is 42.3 Å². The second kappa shape index (κ2) is 6.61. The molecule has 0 spiro atoms. The van der Waals surface area contributed by atoms with E-state index in [-0.39, 0.29) is 18.6 Å². The number of carbonyl (C=O) groups excluding carboxylic acids is 1. The summed E-state index contributed by atoms with van der Waals surface area (Å²) in [7, 11) is 0. The molecular formula is C15H22N2O3. The van der Waals surface area contributed by atoms with E-state index >= 15 is 0 Å². The standard InChI is InChI=1S/C15H22N2O3/c1-3-20-14-8-11(2)4-5-13(14)16-15(19)17-7-6-12(9-17)10-18/h4-5,8,12,18H,3,6-7,9-10H2,1-2H3,(H,16,19). The van der Waals surface area contributed by atoms with E-state index in [2.05, 4.69) is 5.32 Å². The number of ether oxygens (including phenoxy) is 1. The zero-order valence-corrected chi connectivity index (χ0v) is 12.1. The SMILES string of the molecule is CCOc1cc(C)ccc1NC(=O)N1CCC(CO)C1. The number of rotatable bonds is 4. The molecule has 0 saturated carbocycles. The number of likely N-dealkylation sites (tertiary alicyclic amines) is 1. The van der Waals surface area contributed by atoms with Gasteiger partial charge in [0.25, 0.3) is 0 Å². The van der Waals surface area contributed by atoms with Crippen molar-refractivity contribution in [3.8, 4) is 5.75 Å². The van der Waals surface area contributed by atoms with Crippen LogP contribution in [0.25, 0.3) is 0 Å². The Morgan fingerprint density at radius 2 is 2.35 bits per heavy atom. The summed E-state index contributed by atoms with van der Waals surface area (Å²) in [5.74, 6) is 0.892. The Balaban J connectivity index is 2.04. The number of aryl methyl sites for hydroxylation is 1. The Labute approximate surface area is 119 Å². The van der Waals surface area contributed by atoms with Gasteiger partial charge in [-0.05, 0) is 38.0 Å². The van der Waals surface area contributed by atoms with Gasteiger partial charge >= 0.3 is 6.03 Å². The predicted molar refractivity (Wildman–Crippen MR) is 78.1 cm³/mol. The summed E-state index contributed by atoms with van der Waals surface area (Å²) in [4.78, 5) is 13.9. The number of aliphatic hydroxyl groups excluding tert-OH is 1. The van der Waals surface area contributed by atoms with Crippen LogP contribution < -0.4 is 10.1 Å². The first kappa shape index (κ1) is 14.7. The molecule has 5 nitrogen and oxygen atoms in total. The van der Waals surface area contributed by atoms with Gasteiger partial charge in [0.05, 0.1) is 12.3 Å². The molecule has 20 heavy (non-hydrogen) atoms. The summed E-state index contributed by atoms with van der Waals surface area (Å²) in [5.41, 5.74) is 1.78. The molecule has 1 heterocycles. The fourth-order valence-electron chi connectivity index (χ4n) is 2.37. The van der Waals surface area contributed by atoms with Crippen LogP contribution in [0, 0.1) is 12.8 Å². The van der Waals surface area contributed by atoms with E-state index in [1.165, 1.54) is 0 Å². The molecule has 1 aliphatic rings. The molecule has 1 saturated heterocycles. The van der Waals surface area contributed by atoms with Gasteiger partial charge in [-0.1, -0.05) is 6.07 Å². The van der Waals surface area contributed by atoms with Crippen molar-refractivity contribution >= 4 is 11.7 Å². The molecule has 1 aromatic rings. The van der Waals surface area contributed by atoms with Crippen LogP contribution in [0.3, 0.4) is 0 Å². The lowest BCUT2D eigenvalue weighted by atomic mass is 10.1. The molecule has 1 aromatic carbocycles. The first-order valence-corrected chi connectivity index (χ1v) is 7.04. The molecule has 0 aliphatic carbocycles. The lowest BCUT2D eigenvalue weighted by molar-refractivity contribution is 0.208. The van der Waals surface area contributed by atoms with Crippen molar-refractivity contribution in [3.05, 3.63) is 23.8 Å². The molecule has 0 radical (unpaired) electrons. The van der Waals surface area contributed by atoms with E-state index in [4.69, 9.17) is 9.84 Å². The summed E-state index contributed by atoms with van der Waals surface area (Å²) >= 11 is 0. The number of hydrogen-bond acceptors (Lipinski definition) is 3. The number of nitrogens with zero attached hydrogens (tertiary/aromatic N) is 1. The van der Waals surface area contributed by atoms with E-state index < -0.39 is 0 Å². The Morgan fingerprint density at radius 1 is 1.55 bits per heavy atom. The highest BCUT2D eigenvalue weighted by Crippen LogP contribution is 2.26. The molecule has 1 fully saturated rings. The number of benzene rings is 1. The molecule has 1 unspecified atom stereocenters. The van der Waals surface area contributed by atoms with Gasteiger partial charge in [0.2, 0.25) is 0 Å². The fraction of sp³-hybridized carbons (Fsp3) is 0.533. The van der Waals surface area contributed by atoms with Gasteiger partial charge < -0.3 is 20.1 Å². The third-order valence-corrected chi connectivity index (χ3v) is 3.51. The molecule has 0 aromatic heterocycles. The lowest BCUT2D eigenvalue weighted by Gasteiger charge is -2.19. The highest BCUT2D eigenvalue weighted by atomic mass is 16.5. The van der Waals surface area contributed by atoms with E-state index in [0.717, 1.165) is 12.0 Å². The first-order valence-electron chi connectivity index (χ1n) is 7.04. The normalized spacial score (nSPS) is 18.1. The van der Waals surface area contributed by atoms with Crippen LogP contribution in [-0.2, 0) is 0 Å². The lowest BCUT2D eigenvalue weighted by Crippen LogP contribution is -2.33. The maximum absolute atomic E-state index is 12.2. The molecular weight excluding hydrogens is 256 g/mol. The molecule has 2 amide bonds. The van der Waals surface area contributed by atoms with Crippen LogP contribution >= 0.6 is 0 Å². The monoisotopic (exact) mass is 278 g/mol. The Hall–Kier alpha value is -1.75. The average Bonchev–Trinajstić information content (AvgIpc) is 2.91. The first-order chi connectivity index (χ1) is 9.63. The Kier molecular flexibility index (Phi) is 4.84. The maximum atomic E-state index is 12.2. The summed E-state index contributed by atoms with van der Waals surface area (Å²) in [6.45, 7) is 5.90. The van der Waals surface area contributed by atoms with Crippen molar-refractivity contribution in [2.45, 2.75) is 20.3 Å². The molecule has 2 N–H and O–H groups in total. The van der Waals surface area contributed by atoms with E-state index in [0.29, 0.717) is 31.1 Å². The second-order valence-corrected chi connectivity index (χ2v) is 5.15. The Bertz CT molecular complexity index is 476. The quantitative estimate of drug-likeness (QED) is 0.888. The van der Waals surface area contributed by atoms with Crippen molar-refractivity contribution in [1.82, 2.24) is 4.90 Å². The second-order valence-electron chi connectivity index (χ2n) is 5.15. The van der Waals surface area contributed by atoms with Gasteiger partial charge in [0.1, 0.15) is 5.75 Å². The predicted octanol–water partition coefficient (Wildman–Crippen LogP) is 2.24. The van der Waals surface area contributed by atoms with Crippen LogP contribution in [0.1, 0.15) is 18.9 Å². The number of aliphatic hydroxyl groups is 1.